The first-order chi connectivity index (χ1) is 11.6. The fourth-order valence-electron chi connectivity index (χ4n) is 2.39. The van der Waals surface area contributed by atoms with E-state index in [1.165, 1.54) is 0 Å². The summed E-state index contributed by atoms with van der Waals surface area (Å²) in [7, 11) is 1.64. The number of aliphatic carboxylic acids is 1. The minimum Gasteiger partial charge on any atom is -0.481 e. The molecule has 0 saturated carbocycles. The van der Waals surface area contributed by atoms with E-state index < -0.39 is 12.6 Å². The van der Waals surface area contributed by atoms with Crippen LogP contribution in [0.25, 0.3) is 10.8 Å². The summed E-state index contributed by atoms with van der Waals surface area (Å²) in [6.07, 6.45) is 2.03. The van der Waals surface area contributed by atoms with Gasteiger partial charge in [0.2, 0.25) is 5.91 Å². The lowest BCUT2D eigenvalue weighted by atomic mass is 10.1. The predicted octanol–water partition coefficient (Wildman–Crippen LogP) is 3.06. The highest BCUT2D eigenvalue weighted by Crippen LogP contribution is 2.31. The summed E-state index contributed by atoms with van der Waals surface area (Å²) in [5, 5.41) is 13.2. The van der Waals surface area contributed by atoms with E-state index in [-0.39, 0.29) is 5.91 Å². The molecule has 2 rings (SSSR count). The smallest absolute Gasteiger partial charge is 0.341 e. The number of carbonyl (C=O) groups excluding carboxylic acids is 1. The van der Waals surface area contributed by atoms with Crippen molar-refractivity contribution in [2.24, 2.45) is 0 Å². The third kappa shape index (κ3) is 4.96. The number of carbonyl (C=O) groups is 2. The fourth-order valence-corrected chi connectivity index (χ4v) is 2.39. The number of amides is 1. The summed E-state index contributed by atoms with van der Waals surface area (Å²) in [6, 6.07) is 10.8. The Morgan fingerprint density at radius 3 is 2.54 bits per heavy atom. The topological polar surface area (TPSA) is 84.9 Å². The van der Waals surface area contributed by atoms with Gasteiger partial charge in [-0.25, -0.2) is 4.79 Å². The third-order valence-corrected chi connectivity index (χ3v) is 3.51. The van der Waals surface area contributed by atoms with Crippen LogP contribution in [0.3, 0.4) is 0 Å². The molecule has 2 aromatic carbocycles. The number of carboxylic acids is 1. The predicted molar refractivity (Wildman–Crippen MR) is 91.4 cm³/mol. The van der Waals surface area contributed by atoms with Crippen molar-refractivity contribution in [2.75, 3.05) is 25.6 Å². The highest BCUT2D eigenvalue weighted by molar-refractivity contribution is 6.04. The molecule has 0 atom stereocenters. The normalized spacial score (nSPS) is 10.5. The number of fused-ring (bicyclic) bond motifs is 1. The molecule has 0 aliphatic heterocycles. The van der Waals surface area contributed by atoms with E-state index in [1.807, 2.05) is 24.3 Å². The molecule has 128 valence electrons. The van der Waals surface area contributed by atoms with Gasteiger partial charge in [0, 0.05) is 36.6 Å². The van der Waals surface area contributed by atoms with Crippen LogP contribution in [0.1, 0.15) is 19.3 Å². The Labute approximate surface area is 140 Å². The number of nitrogens with one attached hydrogen (secondary N) is 1. The summed E-state index contributed by atoms with van der Waals surface area (Å²) in [4.78, 5) is 22.7. The zero-order chi connectivity index (χ0) is 17.4. The monoisotopic (exact) mass is 331 g/mol. The molecule has 0 radical (unpaired) electrons. The van der Waals surface area contributed by atoms with Crippen LogP contribution in [-0.2, 0) is 14.3 Å². The van der Waals surface area contributed by atoms with Gasteiger partial charge in [0.1, 0.15) is 5.75 Å². The van der Waals surface area contributed by atoms with Crippen LogP contribution in [-0.4, -0.2) is 37.3 Å². The first-order valence-electron chi connectivity index (χ1n) is 7.77. The average molecular weight is 331 g/mol. The van der Waals surface area contributed by atoms with Crippen LogP contribution in [0.4, 0.5) is 5.69 Å². The van der Waals surface area contributed by atoms with Crippen LogP contribution in [0.15, 0.2) is 36.4 Å². The Bertz CT molecular complexity index is 714. The van der Waals surface area contributed by atoms with Crippen molar-refractivity contribution in [2.45, 2.75) is 19.3 Å². The Hall–Kier alpha value is -2.60. The summed E-state index contributed by atoms with van der Waals surface area (Å²) >= 11 is 0. The number of hydrogen-bond donors (Lipinski definition) is 2. The number of ether oxygens (including phenoxy) is 2. The SMILES string of the molecule is COCCCCC(=O)Nc1ccc(OCC(=O)O)c2ccccc12. The number of carboxylic acid groups (broad SMARTS) is 1. The second kappa shape index (κ2) is 8.88. The Morgan fingerprint density at radius 1 is 1.08 bits per heavy atom. The van der Waals surface area contributed by atoms with E-state index in [4.69, 9.17) is 14.6 Å². The maximum Gasteiger partial charge on any atom is 0.341 e. The van der Waals surface area contributed by atoms with Crippen molar-refractivity contribution >= 4 is 28.3 Å². The van der Waals surface area contributed by atoms with Crippen molar-refractivity contribution in [3.05, 3.63) is 36.4 Å². The molecule has 0 spiro atoms. The molecule has 6 nitrogen and oxygen atoms in total. The zero-order valence-electron chi connectivity index (χ0n) is 13.6. The molecule has 0 bridgehead atoms. The van der Waals surface area contributed by atoms with Gasteiger partial charge in [0.25, 0.3) is 0 Å². The summed E-state index contributed by atoms with van der Waals surface area (Å²) in [5.41, 5.74) is 0.685. The first-order valence-corrected chi connectivity index (χ1v) is 7.77. The van der Waals surface area contributed by atoms with Crippen LogP contribution < -0.4 is 10.1 Å². The number of rotatable bonds is 9. The number of benzene rings is 2. The average Bonchev–Trinajstić information content (AvgIpc) is 2.58. The van der Waals surface area contributed by atoms with E-state index in [1.54, 1.807) is 19.2 Å². The number of hydrogen-bond acceptors (Lipinski definition) is 4. The van der Waals surface area contributed by atoms with Crippen LogP contribution in [0.2, 0.25) is 0 Å². The molecule has 2 N–H and O–H groups in total. The van der Waals surface area contributed by atoms with Gasteiger partial charge < -0.3 is 19.9 Å². The second-order valence-corrected chi connectivity index (χ2v) is 5.34. The first kappa shape index (κ1) is 17.7. The Kier molecular flexibility index (Phi) is 6.57. The van der Waals surface area contributed by atoms with Crippen molar-refractivity contribution in [1.82, 2.24) is 0 Å². The molecule has 2 aromatic rings. The van der Waals surface area contributed by atoms with Gasteiger partial charge in [-0.05, 0) is 25.0 Å². The fraction of sp³-hybridized carbons (Fsp3) is 0.333. The molecular formula is C18H21NO5. The zero-order valence-corrected chi connectivity index (χ0v) is 13.6. The van der Waals surface area contributed by atoms with E-state index in [0.717, 1.165) is 23.6 Å². The molecule has 0 aromatic heterocycles. The van der Waals surface area contributed by atoms with Gasteiger partial charge in [0.15, 0.2) is 6.61 Å². The lowest BCUT2D eigenvalue weighted by Crippen LogP contribution is -2.12. The van der Waals surface area contributed by atoms with Crippen molar-refractivity contribution < 1.29 is 24.2 Å². The van der Waals surface area contributed by atoms with Crippen molar-refractivity contribution in [3.8, 4) is 5.75 Å². The van der Waals surface area contributed by atoms with E-state index in [9.17, 15) is 9.59 Å². The van der Waals surface area contributed by atoms with E-state index in [0.29, 0.717) is 24.5 Å². The minimum atomic E-state index is -1.03. The number of anilines is 1. The largest absolute Gasteiger partial charge is 0.481 e. The van der Waals surface area contributed by atoms with Crippen LogP contribution in [0, 0.1) is 0 Å². The summed E-state index contributed by atoms with van der Waals surface area (Å²) in [6.45, 7) is 0.237. The minimum absolute atomic E-state index is 0.0598. The summed E-state index contributed by atoms with van der Waals surface area (Å²) < 4.78 is 10.3. The van der Waals surface area contributed by atoms with Crippen LogP contribution in [0.5, 0.6) is 5.75 Å². The molecule has 6 heteroatoms. The third-order valence-electron chi connectivity index (χ3n) is 3.51. The molecule has 0 saturated heterocycles. The Morgan fingerprint density at radius 2 is 1.83 bits per heavy atom. The van der Waals surface area contributed by atoms with Crippen molar-refractivity contribution in [3.63, 3.8) is 0 Å². The van der Waals surface area contributed by atoms with Gasteiger partial charge in [-0.3, -0.25) is 4.79 Å². The molecule has 0 heterocycles. The van der Waals surface area contributed by atoms with Crippen LogP contribution >= 0.6 is 0 Å². The lowest BCUT2D eigenvalue weighted by Gasteiger charge is -2.12. The molecule has 1 amide bonds. The highest BCUT2D eigenvalue weighted by Gasteiger charge is 2.10. The quantitative estimate of drug-likeness (QED) is 0.690. The highest BCUT2D eigenvalue weighted by atomic mass is 16.5. The lowest BCUT2D eigenvalue weighted by molar-refractivity contribution is -0.139. The van der Waals surface area contributed by atoms with Gasteiger partial charge in [-0.2, -0.15) is 0 Å². The number of unbranched alkanes of at least 4 members (excludes halogenated alkanes) is 1. The Balaban J connectivity index is 2.12. The van der Waals surface area contributed by atoms with E-state index in [2.05, 4.69) is 5.32 Å². The maximum absolute atomic E-state index is 12.1. The standard InChI is InChI=1S/C18H21NO5/c1-23-11-5-4-8-17(20)19-15-9-10-16(24-12-18(21)22)14-7-3-2-6-13(14)15/h2-3,6-7,9-10H,4-5,8,11-12H2,1H3,(H,19,20)(H,21,22). The van der Waals surface area contributed by atoms with Gasteiger partial charge in [0.05, 0.1) is 0 Å². The van der Waals surface area contributed by atoms with E-state index >= 15 is 0 Å². The molecule has 0 aliphatic carbocycles. The van der Waals surface area contributed by atoms with Gasteiger partial charge >= 0.3 is 5.97 Å². The molecule has 0 fully saturated rings. The van der Waals surface area contributed by atoms with Gasteiger partial charge in [-0.1, -0.05) is 24.3 Å². The molecular weight excluding hydrogens is 310 g/mol. The molecule has 0 unspecified atom stereocenters. The molecule has 24 heavy (non-hydrogen) atoms. The van der Waals surface area contributed by atoms with Gasteiger partial charge in [-0.15, -0.1) is 0 Å². The number of methoxy groups -OCH3 is 1. The van der Waals surface area contributed by atoms with Crippen molar-refractivity contribution in [1.29, 1.82) is 0 Å². The molecule has 0 aliphatic rings. The maximum atomic E-state index is 12.1. The summed E-state index contributed by atoms with van der Waals surface area (Å²) in [5.74, 6) is -0.617. The second-order valence-electron chi connectivity index (χ2n) is 5.34.